The monoisotopic (exact) mass is 513 g/mol. The van der Waals surface area contributed by atoms with Crippen molar-refractivity contribution in [1.82, 2.24) is 30.4 Å². The first-order valence-corrected chi connectivity index (χ1v) is 9.69. The van der Waals surface area contributed by atoms with Crippen LogP contribution in [0.25, 0.3) is 10.9 Å². The van der Waals surface area contributed by atoms with Crippen LogP contribution in [0.3, 0.4) is 0 Å². The van der Waals surface area contributed by atoms with Crippen molar-refractivity contribution in [2.24, 2.45) is 4.99 Å². The number of fused-ring (bicyclic) bond motifs is 1. The molecule has 0 aliphatic carbocycles. The molecule has 0 unspecified atom stereocenters. The van der Waals surface area contributed by atoms with Gasteiger partial charge in [0.15, 0.2) is 5.96 Å². The zero-order valence-corrected chi connectivity index (χ0v) is 18.9. The Labute approximate surface area is 186 Å². The van der Waals surface area contributed by atoms with Gasteiger partial charge in [0.05, 0.1) is 0 Å². The highest BCUT2D eigenvalue weighted by Gasteiger charge is 2.24. The summed E-state index contributed by atoms with van der Waals surface area (Å²) < 4.78 is 0. The topological polar surface area (TPSA) is 85.0 Å². The fourth-order valence-corrected chi connectivity index (χ4v) is 3.95. The molecular weight excluding hydrogens is 489 g/mol. The van der Waals surface area contributed by atoms with E-state index in [1.807, 2.05) is 25.2 Å². The average molecular weight is 514 g/mol. The Bertz CT molecular complexity index is 914. The third kappa shape index (κ3) is 4.60. The molecule has 2 aromatic heterocycles. The molecule has 150 valence electrons. The van der Waals surface area contributed by atoms with E-state index in [0.29, 0.717) is 5.92 Å². The van der Waals surface area contributed by atoms with Crippen molar-refractivity contribution < 1.29 is 0 Å². The Kier molecular flexibility index (Phi) is 7.17. The molecule has 28 heavy (non-hydrogen) atoms. The Morgan fingerprint density at radius 2 is 2.18 bits per heavy atom. The number of hydrogen-bond acceptors (Lipinski definition) is 3. The molecule has 0 amide bonds. The van der Waals surface area contributed by atoms with Crippen LogP contribution in [0, 0.1) is 0 Å². The summed E-state index contributed by atoms with van der Waals surface area (Å²) in [6.45, 7) is 2.76. The predicted octanol–water partition coefficient (Wildman–Crippen LogP) is 3.55. The van der Waals surface area contributed by atoms with Crippen molar-refractivity contribution in [2.45, 2.75) is 25.2 Å². The molecule has 1 aromatic carbocycles. The van der Waals surface area contributed by atoms with Gasteiger partial charge in [-0.2, -0.15) is 5.10 Å². The number of aromatic nitrogens is 4. The van der Waals surface area contributed by atoms with E-state index >= 15 is 0 Å². The van der Waals surface area contributed by atoms with Crippen LogP contribution in [-0.2, 0) is 6.42 Å². The lowest BCUT2D eigenvalue weighted by Crippen LogP contribution is -2.45. The Morgan fingerprint density at radius 3 is 2.89 bits per heavy atom. The number of benzene rings is 1. The Balaban J connectivity index is 0.00000225. The van der Waals surface area contributed by atoms with E-state index in [9.17, 15) is 0 Å². The maximum Gasteiger partial charge on any atom is 0.193 e. The first-order chi connectivity index (χ1) is 13.2. The molecule has 3 heterocycles. The molecule has 1 aliphatic rings. The van der Waals surface area contributed by atoms with E-state index in [1.165, 1.54) is 10.9 Å². The zero-order chi connectivity index (χ0) is 18.6. The van der Waals surface area contributed by atoms with Crippen LogP contribution in [0.5, 0.6) is 0 Å². The van der Waals surface area contributed by atoms with Crippen molar-refractivity contribution >= 4 is 52.4 Å². The number of piperidine rings is 1. The van der Waals surface area contributed by atoms with Crippen molar-refractivity contribution in [3.63, 3.8) is 0 Å². The number of nitrogens with zero attached hydrogens (tertiary/aromatic N) is 4. The van der Waals surface area contributed by atoms with Crippen LogP contribution in [0.4, 0.5) is 0 Å². The molecule has 1 aliphatic heterocycles. The van der Waals surface area contributed by atoms with Gasteiger partial charge in [-0.1, -0.05) is 11.6 Å². The Hall–Kier alpha value is -1.81. The summed E-state index contributed by atoms with van der Waals surface area (Å²) in [6, 6.07) is 5.95. The number of H-pyrrole nitrogens is 2. The fourth-order valence-electron chi connectivity index (χ4n) is 3.78. The molecule has 1 saturated heterocycles. The number of aliphatic imine (C=N–C) groups is 1. The summed E-state index contributed by atoms with van der Waals surface area (Å²) in [5.41, 5.74) is 2.38. The highest BCUT2D eigenvalue weighted by atomic mass is 127. The molecule has 0 spiro atoms. The molecule has 3 N–H and O–H groups in total. The molecular formula is C19H25ClIN7. The Morgan fingerprint density at radius 1 is 1.36 bits per heavy atom. The van der Waals surface area contributed by atoms with Crippen LogP contribution in [-0.4, -0.2) is 57.7 Å². The predicted molar refractivity (Wildman–Crippen MR) is 124 cm³/mol. The van der Waals surface area contributed by atoms with Crippen LogP contribution >= 0.6 is 35.6 Å². The van der Waals surface area contributed by atoms with Gasteiger partial charge < -0.3 is 15.2 Å². The first-order valence-electron chi connectivity index (χ1n) is 9.31. The van der Waals surface area contributed by atoms with Gasteiger partial charge in [0.25, 0.3) is 0 Å². The van der Waals surface area contributed by atoms with E-state index in [2.05, 4.69) is 41.6 Å². The van der Waals surface area contributed by atoms with Crippen molar-refractivity contribution in [3.05, 3.63) is 47.1 Å². The molecule has 0 atom stereocenters. The standard InChI is InChI=1S/C19H24ClN7.HI/c1-21-19(27-8-5-13(6-9-27)18-24-12-25-26-18)22-7-4-14-11-23-17-3-2-15(20)10-16(14)17;/h2-3,10-13,23H,4-9H2,1H3,(H,21,22)(H,24,25,26);1H. The molecule has 4 rings (SSSR count). The van der Waals surface area contributed by atoms with E-state index in [4.69, 9.17) is 11.6 Å². The van der Waals surface area contributed by atoms with Gasteiger partial charge in [-0.25, -0.2) is 4.98 Å². The number of rotatable bonds is 4. The van der Waals surface area contributed by atoms with E-state index in [0.717, 1.165) is 61.2 Å². The van der Waals surface area contributed by atoms with Crippen LogP contribution in [0.15, 0.2) is 35.7 Å². The lowest BCUT2D eigenvalue weighted by molar-refractivity contribution is 0.299. The number of halogens is 2. The normalized spacial score (nSPS) is 15.6. The van der Waals surface area contributed by atoms with Gasteiger partial charge in [0, 0.05) is 54.7 Å². The van der Waals surface area contributed by atoms with Crippen molar-refractivity contribution in [1.29, 1.82) is 0 Å². The SMILES string of the molecule is CN=C(NCCc1c[nH]c2ccc(Cl)cc12)N1CCC(c2ncn[nH]2)CC1.I. The number of guanidine groups is 1. The third-order valence-electron chi connectivity index (χ3n) is 5.23. The second-order valence-electron chi connectivity index (χ2n) is 6.86. The summed E-state index contributed by atoms with van der Waals surface area (Å²) in [6.07, 6.45) is 6.66. The molecule has 3 aromatic rings. The van der Waals surface area contributed by atoms with Gasteiger partial charge in [-0.05, 0) is 43.0 Å². The van der Waals surface area contributed by atoms with Gasteiger partial charge >= 0.3 is 0 Å². The minimum Gasteiger partial charge on any atom is -0.361 e. The summed E-state index contributed by atoms with van der Waals surface area (Å²) in [7, 11) is 1.84. The fraction of sp³-hybridized carbons (Fsp3) is 0.421. The molecule has 0 bridgehead atoms. The van der Waals surface area contributed by atoms with Gasteiger partial charge in [-0.15, -0.1) is 24.0 Å². The van der Waals surface area contributed by atoms with Crippen molar-refractivity contribution in [3.8, 4) is 0 Å². The largest absolute Gasteiger partial charge is 0.361 e. The highest BCUT2D eigenvalue weighted by Crippen LogP contribution is 2.25. The quantitative estimate of drug-likeness (QED) is 0.283. The van der Waals surface area contributed by atoms with E-state index < -0.39 is 0 Å². The second-order valence-corrected chi connectivity index (χ2v) is 7.30. The van der Waals surface area contributed by atoms with Crippen LogP contribution in [0.2, 0.25) is 5.02 Å². The average Bonchev–Trinajstić information content (AvgIpc) is 3.36. The lowest BCUT2D eigenvalue weighted by Gasteiger charge is -2.33. The molecule has 0 radical (unpaired) electrons. The number of nitrogens with one attached hydrogen (secondary N) is 3. The number of aromatic amines is 2. The summed E-state index contributed by atoms with van der Waals surface area (Å²) >= 11 is 6.14. The second kappa shape index (κ2) is 9.60. The lowest BCUT2D eigenvalue weighted by atomic mass is 9.96. The molecule has 7 nitrogen and oxygen atoms in total. The maximum absolute atomic E-state index is 6.14. The number of hydrogen-bond donors (Lipinski definition) is 3. The highest BCUT2D eigenvalue weighted by molar-refractivity contribution is 14.0. The first kappa shape index (κ1) is 20.9. The molecule has 0 saturated carbocycles. The smallest absolute Gasteiger partial charge is 0.193 e. The van der Waals surface area contributed by atoms with E-state index in [-0.39, 0.29) is 24.0 Å². The van der Waals surface area contributed by atoms with Crippen LogP contribution < -0.4 is 5.32 Å². The van der Waals surface area contributed by atoms with Crippen molar-refractivity contribution in [2.75, 3.05) is 26.7 Å². The molecule has 9 heteroatoms. The maximum atomic E-state index is 6.14. The van der Waals surface area contributed by atoms with Crippen LogP contribution in [0.1, 0.15) is 30.1 Å². The molecule has 1 fully saturated rings. The summed E-state index contributed by atoms with van der Waals surface area (Å²) in [5, 5.41) is 12.4. The minimum atomic E-state index is 0. The summed E-state index contributed by atoms with van der Waals surface area (Å²) in [5.74, 6) is 2.41. The summed E-state index contributed by atoms with van der Waals surface area (Å²) in [4.78, 5) is 14.4. The number of likely N-dealkylation sites (tertiary alicyclic amines) is 1. The van der Waals surface area contributed by atoms with E-state index in [1.54, 1.807) is 6.33 Å². The van der Waals surface area contributed by atoms with Gasteiger partial charge in [-0.3, -0.25) is 10.1 Å². The van der Waals surface area contributed by atoms with Gasteiger partial charge in [0.2, 0.25) is 0 Å². The zero-order valence-electron chi connectivity index (χ0n) is 15.8. The third-order valence-corrected chi connectivity index (χ3v) is 5.47. The minimum absolute atomic E-state index is 0. The van der Waals surface area contributed by atoms with Gasteiger partial charge in [0.1, 0.15) is 12.2 Å².